The Balaban J connectivity index is 1.69. The van der Waals surface area contributed by atoms with E-state index in [0.717, 1.165) is 16.4 Å². The molecule has 152 valence electrons. The van der Waals surface area contributed by atoms with Gasteiger partial charge in [0.25, 0.3) is 0 Å². The number of carbonyl (C=O) groups is 1. The van der Waals surface area contributed by atoms with Crippen LogP contribution >= 0.6 is 11.8 Å². The van der Waals surface area contributed by atoms with Crippen LogP contribution in [0.1, 0.15) is 20.3 Å². The van der Waals surface area contributed by atoms with Crippen LogP contribution < -0.4 is 0 Å². The number of thioether (sulfide) groups is 1. The number of amides is 1. The zero-order chi connectivity index (χ0) is 20.3. The molecule has 0 radical (unpaired) electrons. The molecule has 6 nitrogen and oxygen atoms in total. The lowest BCUT2D eigenvalue weighted by atomic mass is 10.1. The number of nitrogens with zero attached hydrogens (tertiary/aromatic N) is 3. The van der Waals surface area contributed by atoms with Crippen molar-refractivity contribution in [3.8, 4) is 11.3 Å². The van der Waals surface area contributed by atoms with Crippen molar-refractivity contribution in [1.82, 2.24) is 14.5 Å². The molecule has 0 saturated carbocycles. The van der Waals surface area contributed by atoms with Crippen LogP contribution in [0.2, 0.25) is 0 Å². The maximum Gasteiger partial charge on any atom is 0.233 e. The van der Waals surface area contributed by atoms with Crippen LogP contribution in [0.5, 0.6) is 0 Å². The number of benzene rings is 1. The van der Waals surface area contributed by atoms with Crippen molar-refractivity contribution in [3.63, 3.8) is 0 Å². The number of rotatable bonds is 7. The first-order valence-corrected chi connectivity index (χ1v) is 12.3. The third kappa shape index (κ3) is 4.97. The fraction of sp³-hybridized carbons (Fsp3) is 0.500. The third-order valence-corrected chi connectivity index (χ3v) is 7.65. The van der Waals surface area contributed by atoms with E-state index in [2.05, 4.69) is 4.98 Å². The van der Waals surface area contributed by atoms with E-state index in [1.165, 1.54) is 11.8 Å². The second-order valence-corrected chi connectivity index (χ2v) is 10.8. The minimum absolute atomic E-state index is 0.0231. The maximum absolute atomic E-state index is 12.9. The van der Waals surface area contributed by atoms with Gasteiger partial charge in [0.2, 0.25) is 5.91 Å². The predicted octanol–water partition coefficient (Wildman–Crippen LogP) is 2.85. The Kier molecular flexibility index (Phi) is 6.50. The smallest absolute Gasteiger partial charge is 0.233 e. The molecule has 2 aromatic rings. The number of aromatic nitrogens is 2. The van der Waals surface area contributed by atoms with E-state index in [1.807, 2.05) is 62.0 Å². The van der Waals surface area contributed by atoms with Crippen LogP contribution in [-0.2, 0) is 21.7 Å². The number of sulfone groups is 1. The molecular formula is C20H27N3O3S2. The molecule has 0 aliphatic carbocycles. The van der Waals surface area contributed by atoms with Gasteiger partial charge in [-0.3, -0.25) is 4.79 Å². The molecule has 1 aliphatic heterocycles. The summed E-state index contributed by atoms with van der Waals surface area (Å²) in [6, 6.07) is 9.79. The Morgan fingerprint density at radius 2 is 2.04 bits per heavy atom. The SMILES string of the molecule is CC(C)CN(C(=O)CSc1ncc(-c2ccccc2)n1C)C1CCS(=O)(=O)C1. The summed E-state index contributed by atoms with van der Waals surface area (Å²) in [5.74, 6) is 0.770. The van der Waals surface area contributed by atoms with E-state index in [9.17, 15) is 13.2 Å². The molecular weight excluding hydrogens is 394 g/mol. The van der Waals surface area contributed by atoms with Crippen LogP contribution in [0.15, 0.2) is 41.7 Å². The van der Waals surface area contributed by atoms with Gasteiger partial charge in [0, 0.05) is 19.6 Å². The minimum Gasteiger partial charge on any atom is -0.338 e. The van der Waals surface area contributed by atoms with Crippen molar-refractivity contribution >= 4 is 27.5 Å². The largest absolute Gasteiger partial charge is 0.338 e. The summed E-state index contributed by atoms with van der Waals surface area (Å²) in [5, 5.41) is 0.774. The summed E-state index contributed by atoms with van der Waals surface area (Å²) >= 11 is 1.40. The lowest BCUT2D eigenvalue weighted by Crippen LogP contribution is -2.44. The number of carbonyl (C=O) groups excluding carboxylic acids is 1. The van der Waals surface area contributed by atoms with E-state index in [1.54, 1.807) is 4.90 Å². The summed E-state index contributed by atoms with van der Waals surface area (Å²) in [5.41, 5.74) is 2.07. The van der Waals surface area contributed by atoms with Crippen LogP contribution in [0.25, 0.3) is 11.3 Å². The monoisotopic (exact) mass is 421 g/mol. The average Bonchev–Trinajstić information content (AvgIpc) is 3.20. The molecule has 3 rings (SSSR count). The summed E-state index contributed by atoms with van der Waals surface area (Å²) in [6.07, 6.45) is 2.35. The van der Waals surface area contributed by atoms with Gasteiger partial charge in [-0.15, -0.1) is 0 Å². The Hall–Kier alpha value is -1.80. The zero-order valence-electron chi connectivity index (χ0n) is 16.5. The first kappa shape index (κ1) is 20.9. The van der Waals surface area contributed by atoms with Gasteiger partial charge in [0.05, 0.1) is 29.1 Å². The number of hydrogen-bond donors (Lipinski definition) is 0. The summed E-state index contributed by atoms with van der Waals surface area (Å²) in [4.78, 5) is 19.1. The Morgan fingerprint density at radius 1 is 1.32 bits per heavy atom. The van der Waals surface area contributed by atoms with Gasteiger partial charge in [-0.25, -0.2) is 13.4 Å². The van der Waals surface area contributed by atoms with Crippen molar-refractivity contribution in [3.05, 3.63) is 36.5 Å². The molecule has 1 fully saturated rings. The van der Waals surface area contributed by atoms with Gasteiger partial charge in [0.15, 0.2) is 15.0 Å². The molecule has 1 amide bonds. The van der Waals surface area contributed by atoms with Gasteiger partial charge >= 0.3 is 0 Å². The van der Waals surface area contributed by atoms with E-state index in [-0.39, 0.29) is 35.1 Å². The van der Waals surface area contributed by atoms with Crippen LogP contribution in [-0.4, -0.2) is 58.6 Å². The number of hydrogen-bond acceptors (Lipinski definition) is 5. The molecule has 0 spiro atoms. The van der Waals surface area contributed by atoms with Crippen molar-refractivity contribution in [2.24, 2.45) is 13.0 Å². The Morgan fingerprint density at radius 3 is 2.64 bits per heavy atom. The first-order valence-electron chi connectivity index (χ1n) is 9.46. The minimum atomic E-state index is -3.03. The second kappa shape index (κ2) is 8.69. The fourth-order valence-electron chi connectivity index (χ4n) is 3.48. The second-order valence-electron chi connectivity index (χ2n) is 7.64. The topological polar surface area (TPSA) is 72.3 Å². The van der Waals surface area contributed by atoms with Crippen molar-refractivity contribution < 1.29 is 13.2 Å². The number of imidazole rings is 1. The highest BCUT2D eigenvalue weighted by atomic mass is 32.2. The summed E-state index contributed by atoms with van der Waals surface area (Å²) < 4.78 is 25.7. The molecule has 1 atom stereocenters. The average molecular weight is 422 g/mol. The lowest BCUT2D eigenvalue weighted by Gasteiger charge is -2.29. The van der Waals surface area contributed by atoms with Gasteiger partial charge in [-0.2, -0.15) is 0 Å². The molecule has 1 aromatic carbocycles. The standard InChI is InChI=1S/C20H27N3O3S2/c1-15(2)12-23(17-9-10-28(25,26)14-17)19(24)13-27-20-21-11-18(22(20)3)16-7-5-4-6-8-16/h4-8,11,15,17H,9-10,12-14H2,1-3H3. The zero-order valence-corrected chi connectivity index (χ0v) is 18.2. The highest BCUT2D eigenvalue weighted by molar-refractivity contribution is 7.99. The molecule has 1 saturated heterocycles. The fourth-order valence-corrected chi connectivity index (χ4v) is 6.05. The molecule has 0 N–H and O–H groups in total. The Labute approximate surface area is 171 Å². The molecule has 0 bridgehead atoms. The molecule has 2 heterocycles. The predicted molar refractivity (Wildman–Crippen MR) is 113 cm³/mol. The molecule has 28 heavy (non-hydrogen) atoms. The van der Waals surface area contributed by atoms with Gasteiger partial charge in [-0.05, 0) is 17.9 Å². The lowest BCUT2D eigenvalue weighted by molar-refractivity contribution is -0.130. The van der Waals surface area contributed by atoms with Crippen LogP contribution in [0.4, 0.5) is 0 Å². The van der Waals surface area contributed by atoms with Gasteiger partial charge in [0.1, 0.15) is 0 Å². The van der Waals surface area contributed by atoms with Crippen molar-refractivity contribution in [2.45, 2.75) is 31.5 Å². The highest BCUT2D eigenvalue weighted by Gasteiger charge is 2.34. The molecule has 1 aromatic heterocycles. The summed E-state index contributed by atoms with van der Waals surface area (Å²) in [6.45, 7) is 4.67. The van der Waals surface area contributed by atoms with Crippen LogP contribution in [0.3, 0.4) is 0 Å². The van der Waals surface area contributed by atoms with E-state index in [0.29, 0.717) is 13.0 Å². The van der Waals surface area contributed by atoms with Gasteiger partial charge < -0.3 is 9.47 Å². The highest BCUT2D eigenvalue weighted by Crippen LogP contribution is 2.26. The van der Waals surface area contributed by atoms with Crippen molar-refractivity contribution in [2.75, 3.05) is 23.8 Å². The quantitative estimate of drug-likeness (QED) is 0.643. The van der Waals surface area contributed by atoms with Crippen molar-refractivity contribution in [1.29, 1.82) is 0 Å². The molecule has 1 aliphatic rings. The van der Waals surface area contributed by atoms with E-state index in [4.69, 9.17) is 0 Å². The first-order chi connectivity index (χ1) is 13.3. The summed E-state index contributed by atoms with van der Waals surface area (Å²) in [7, 11) is -1.09. The Bertz CT molecular complexity index is 923. The van der Waals surface area contributed by atoms with E-state index < -0.39 is 9.84 Å². The normalized spacial score (nSPS) is 18.5. The van der Waals surface area contributed by atoms with E-state index >= 15 is 0 Å². The van der Waals surface area contributed by atoms with Gasteiger partial charge in [-0.1, -0.05) is 55.9 Å². The van der Waals surface area contributed by atoms with Crippen LogP contribution in [0, 0.1) is 5.92 Å². The molecule has 8 heteroatoms. The maximum atomic E-state index is 12.9. The molecule has 1 unspecified atom stereocenters. The third-order valence-electron chi connectivity index (χ3n) is 4.87.